The monoisotopic (exact) mass is 474 g/mol. The third-order valence-corrected chi connectivity index (χ3v) is 3.62. The third-order valence-electron chi connectivity index (χ3n) is 3.62. The van der Waals surface area contributed by atoms with Crippen molar-refractivity contribution in [1.29, 1.82) is 0 Å². The highest BCUT2D eigenvalue weighted by Gasteiger charge is 2.45. The lowest BCUT2D eigenvalue weighted by Crippen LogP contribution is -2.41. The Morgan fingerprint density at radius 1 is 0.758 bits per heavy atom. The lowest BCUT2D eigenvalue weighted by Gasteiger charge is -2.23. The van der Waals surface area contributed by atoms with Gasteiger partial charge in [0, 0.05) is 6.42 Å². The smallest absolute Gasteiger partial charge is 0.323 e. The van der Waals surface area contributed by atoms with Crippen molar-refractivity contribution in [2.24, 2.45) is 11.3 Å². The summed E-state index contributed by atoms with van der Waals surface area (Å²) in [6.45, 7) is 16.4. The van der Waals surface area contributed by atoms with E-state index in [2.05, 4.69) is 16.1 Å². The first-order chi connectivity index (χ1) is 15.3. The Bertz CT molecular complexity index is 630. The third kappa shape index (κ3) is 16.3. The molecule has 0 fully saturated rings. The van der Waals surface area contributed by atoms with Crippen LogP contribution in [0.15, 0.2) is 12.7 Å². The Hall–Kier alpha value is -3.04. The Morgan fingerprint density at radius 2 is 1.06 bits per heavy atom. The van der Waals surface area contributed by atoms with Gasteiger partial charge in [0.15, 0.2) is 17.1 Å². The summed E-state index contributed by atoms with van der Waals surface area (Å²) in [7, 11) is 0. The fourth-order valence-electron chi connectivity index (χ4n) is 1.94. The van der Waals surface area contributed by atoms with Crippen LogP contribution in [0.1, 0.15) is 61.8 Å². The number of ketones is 2. The summed E-state index contributed by atoms with van der Waals surface area (Å²) < 4.78 is 18.8. The van der Waals surface area contributed by atoms with Gasteiger partial charge < -0.3 is 18.9 Å². The highest BCUT2D eigenvalue weighted by Crippen LogP contribution is 2.26. The van der Waals surface area contributed by atoms with Crippen LogP contribution in [0.5, 0.6) is 0 Å². The molecule has 0 heterocycles. The predicted molar refractivity (Wildman–Crippen MR) is 120 cm³/mol. The van der Waals surface area contributed by atoms with Gasteiger partial charge in [-0.15, -0.1) is 0 Å². The number of ether oxygens (including phenoxy) is 4. The molecule has 0 spiro atoms. The van der Waals surface area contributed by atoms with Crippen LogP contribution in [0.2, 0.25) is 0 Å². The van der Waals surface area contributed by atoms with Crippen molar-refractivity contribution in [1.82, 2.24) is 0 Å². The normalized spacial score (nSPS) is 9.73. The molecular formula is C23H38O10. The van der Waals surface area contributed by atoms with Crippen LogP contribution in [0.25, 0.3) is 0 Å². The zero-order chi connectivity index (χ0) is 26.6. The lowest BCUT2D eigenvalue weighted by molar-refractivity contribution is -0.172. The van der Waals surface area contributed by atoms with E-state index in [1.165, 1.54) is 33.8 Å². The van der Waals surface area contributed by atoms with Crippen LogP contribution in [0, 0.1) is 11.3 Å². The van der Waals surface area contributed by atoms with Gasteiger partial charge in [0.25, 0.3) is 0 Å². The molecule has 0 unspecified atom stereocenters. The van der Waals surface area contributed by atoms with Gasteiger partial charge in [-0.05, 0) is 61.5 Å². The van der Waals surface area contributed by atoms with Crippen molar-refractivity contribution in [2.45, 2.75) is 61.8 Å². The summed E-state index contributed by atoms with van der Waals surface area (Å²) in [4.78, 5) is 65.9. The van der Waals surface area contributed by atoms with Gasteiger partial charge in [0.1, 0.15) is 5.78 Å². The number of esters is 4. The van der Waals surface area contributed by atoms with Crippen molar-refractivity contribution in [3.63, 3.8) is 0 Å². The quantitative estimate of drug-likeness (QED) is 0.190. The maximum Gasteiger partial charge on any atom is 0.323 e. The average Bonchev–Trinajstić information content (AvgIpc) is 2.74. The van der Waals surface area contributed by atoms with E-state index in [1.54, 1.807) is 27.7 Å². The first kappa shape index (κ1) is 34.6. The highest BCUT2D eigenvalue weighted by atomic mass is 16.6. The van der Waals surface area contributed by atoms with E-state index < -0.39 is 35.2 Å². The Labute approximate surface area is 196 Å². The van der Waals surface area contributed by atoms with Gasteiger partial charge in [-0.25, -0.2) is 0 Å². The van der Waals surface area contributed by atoms with E-state index in [0.29, 0.717) is 0 Å². The topological polar surface area (TPSA) is 139 Å². The number of carbonyl (C=O) groups is 6. The van der Waals surface area contributed by atoms with Crippen LogP contribution in [0.4, 0.5) is 0 Å². The first-order valence-electron chi connectivity index (χ1n) is 10.6. The van der Waals surface area contributed by atoms with E-state index >= 15 is 0 Å². The molecule has 33 heavy (non-hydrogen) atoms. The lowest BCUT2D eigenvalue weighted by atomic mass is 9.85. The van der Waals surface area contributed by atoms with Crippen molar-refractivity contribution >= 4 is 35.4 Å². The van der Waals surface area contributed by atoms with Crippen LogP contribution < -0.4 is 0 Å². The molecule has 10 heteroatoms. The summed E-state index contributed by atoms with van der Waals surface area (Å²) in [5.41, 5.74) is -1.53. The minimum Gasteiger partial charge on any atom is -0.465 e. The second-order valence-electron chi connectivity index (χ2n) is 6.69. The summed E-state index contributed by atoms with van der Waals surface area (Å²) in [5.74, 6) is -3.56. The molecule has 190 valence electrons. The van der Waals surface area contributed by atoms with Crippen LogP contribution in [-0.2, 0) is 47.7 Å². The van der Waals surface area contributed by atoms with Gasteiger partial charge in [0.05, 0.1) is 26.4 Å². The zero-order valence-corrected chi connectivity index (χ0v) is 21.0. The molecule has 0 aromatic heterocycles. The molecule has 0 aliphatic heterocycles. The minimum atomic E-state index is -1.53. The number of Topliss-reactive ketones (excluding diaryl/α,β-unsaturated/α-hetero) is 1. The summed E-state index contributed by atoms with van der Waals surface area (Å²) in [6.07, 6.45) is 1.07. The first-order valence-corrected chi connectivity index (χ1v) is 10.6. The highest BCUT2D eigenvalue weighted by molar-refractivity contribution is 6.03. The summed E-state index contributed by atoms with van der Waals surface area (Å²) in [6, 6.07) is 0. The molecule has 0 aromatic carbocycles. The van der Waals surface area contributed by atoms with Gasteiger partial charge in [0.2, 0.25) is 0 Å². The largest absolute Gasteiger partial charge is 0.465 e. The molecule has 0 amide bonds. The average molecular weight is 475 g/mol. The molecule has 0 atom stereocenters. The summed E-state index contributed by atoms with van der Waals surface area (Å²) >= 11 is 0. The maximum absolute atomic E-state index is 11.6. The van der Waals surface area contributed by atoms with E-state index in [-0.39, 0.29) is 44.4 Å². The molecule has 0 aromatic rings. The number of hydrogen-bond acceptors (Lipinski definition) is 10. The Balaban J connectivity index is -0.000000465. The fourth-order valence-corrected chi connectivity index (χ4v) is 1.94. The molecule has 10 nitrogen and oxygen atoms in total. The molecule has 0 aliphatic rings. The van der Waals surface area contributed by atoms with Gasteiger partial charge in [-0.2, -0.15) is 0 Å². The molecule has 0 saturated carbocycles. The van der Waals surface area contributed by atoms with Crippen LogP contribution >= 0.6 is 0 Å². The van der Waals surface area contributed by atoms with E-state index in [1.807, 2.05) is 0 Å². The second-order valence-corrected chi connectivity index (χ2v) is 6.69. The zero-order valence-electron chi connectivity index (χ0n) is 21.0. The van der Waals surface area contributed by atoms with Gasteiger partial charge >= 0.3 is 23.9 Å². The van der Waals surface area contributed by atoms with Crippen molar-refractivity contribution in [3.05, 3.63) is 12.7 Å². The molecule has 0 saturated heterocycles. The summed E-state index contributed by atoms with van der Waals surface area (Å²) in [5, 5.41) is 0. The van der Waals surface area contributed by atoms with Crippen molar-refractivity contribution in [3.8, 4) is 0 Å². The number of hydrogen-bond donors (Lipinski definition) is 0. The molecule has 0 radical (unpaired) electrons. The second kappa shape index (κ2) is 19.6. The van der Waals surface area contributed by atoms with Gasteiger partial charge in [-0.1, -0.05) is 6.58 Å². The molecule has 0 bridgehead atoms. The number of allylic oxidation sites excluding steroid dienone is 1. The van der Waals surface area contributed by atoms with Gasteiger partial charge in [-0.3, -0.25) is 28.8 Å². The molecular weight excluding hydrogens is 436 g/mol. The standard InChI is InChI=1S/C11H18O5.C8H14O4.C4H6O/c1-5-15-9(13)11(4,7-8(3)12)10(14)16-6-2;1-4-11-7(9)6(3)8(10)12-5-2;1-3-4(2)5/h5-7H2,1-4H3;6H,4-5H2,1-3H3;3H,1H2,2H3. The number of carbonyl (C=O) groups excluding carboxylic acids is 6. The van der Waals surface area contributed by atoms with Crippen molar-refractivity contribution in [2.75, 3.05) is 26.4 Å². The number of rotatable bonds is 11. The molecule has 0 rings (SSSR count). The van der Waals surface area contributed by atoms with Crippen LogP contribution in [0.3, 0.4) is 0 Å². The van der Waals surface area contributed by atoms with Crippen molar-refractivity contribution < 1.29 is 47.7 Å². The fraction of sp³-hybridized carbons (Fsp3) is 0.652. The predicted octanol–water partition coefficient (Wildman–Crippen LogP) is 2.61. The van der Waals surface area contributed by atoms with E-state index in [4.69, 9.17) is 9.47 Å². The Kier molecular flexibility index (Phi) is 20.6. The SMILES string of the molecule is C=CC(C)=O.CCOC(=O)C(C)(CC(C)=O)C(=O)OCC.CCOC(=O)C(C)C(=O)OCC. The van der Waals surface area contributed by atoms with Crippen LogP contribution in [-0.4, -0.2) is 61.9 Å². The maximum atomic E-state index is 11.6. The molecule has 0 aliphatic carbocycles. The Morgan fingerprint density at radius 3 is 1.27 bits per heavy atom. The molecule has 0 N–H and O–H groups in total. The minimum absolute atomic E-state index is 0.0185. The van der Waals surface area contributed by atoms with E-state index in [9.17, 15) is 28.8 Å². The van der Waals surface area contributed by atoms with E-state index in [0.717, 1.165) is 0 Å².